The molecule has 1 radical (unpaired) electrons. The van der Waals surface area contributed by atoms with Crippen molar-refractivity contribution in [1.29, 1.82) is 0 Å². The summed E-state index contributed by atoms with van der Waals surface area (Å²) in [4.78, 5) is 57.7. The van der Waals surface area contributed by atoms with Crippen LogP contribution in [0.2, 0.25) is 0 Å². The quantitative estimate of drug-likeness (QED) is 0.0231. The van der Waals surface area contributed by atoms with Crippen molar-refractivity contribution >= 4 is 61.2 Å². The van der Waals surface area contributed by atoms with E-state index >= 15 is 0 Å². The number of hydrogen-bond donors (Lipinski definition) is 3. The number of aliphatic carboxylic acids is 1. The summed E-state index contributed by atoms with van der Waals surface area (Å²) in [5, 5.41) is 11.2. The van der Waals surface area contributed by atoms with Crippen LogP contribution in [0, 0.1) is 0 Å². The summed E-state index contributed by atoms with van der Waals surface area (Å²) in [7, 11) is -4.59. The van der Waals surface area contributed by atoms with Crippen LogP contribution < -0.4 is 5.32 Å². The zero-order chi connectivity index (χ0) is 40.7. The number of hydrogen-bond acceptors (Lipinski definition) is 9. The van der Waals surface area contributed by atoms with Gasteiger partial charge in [-0.3, -0.25) is 28.2 Å². The Morgan fingerprint density at radius 2 is 0.946 bits per heavy atom. The molecule has 0 aliphatic rings. The minimum Gasteiger partial charge on any atom is -0.481 e. The number of phosphoric acid groups is 1. The van der Waals surface area contributed by atoms with Crippen LogP contribution in [0.15, 0.2) is 0 Å². The zero-order valence-corrected chi connectivity index (χ0v) is 38.7. The molecule has 0 heterocycles. The molecule has 12 nitrogen and oxygen atoms in total. The van der Waals surface area contributed by atoms with E-state index < -0.39 is 44.3 Å². The van der Waals surface area contributed by atoms with Gasteiger partial charge in [0.15, 0.2) is 6.10 Å². The minimum atomic E-state index is -4.59. The molecule has 3 N–H and O–H groups in total. The smallest absolute Gasteiger partial charge is 0.472 e. The first-order valence-electron chi connectivity index (χ1n) is 22.0. The van der Waals surface area contributed by atoms with Crippen LogP contribution >= 0.6 is 7.82 Å². The van der Waals surface area contributed by atoms with Crippen LogP contribution in [0.1, 0.15) is 213 Å². The first kappa shape index (κ1) is 57.1. The van der Waals surface area contributed by atoms with E-state index in [-0.39, 0.29) is 81.4 Å². The average molecular weight is 829 g/mol. The van der Waals surface area contributed by atoms with E-state index in [1.54, 1.807) is 0 Å². The number of carboxylic acids is 1. The number of carboxylic acid groups (broad SMARTS) is 1. The number of carbonyl (C=O) groups excluding carboxylic acids is 3. The van der Waals surface area contributed by atoms with Crippen LogP contribution in [0.5, 0.6) is 0 Å². The molecule has 14 heteroatoms. The topological polar surface area (TPSA) is 175 Å². The fourth-order valence-corrected chi connectivity index (χ4v) is 7.00. The molecular formula is C42H80NNaO11P. The molecule has 325 valence electrons. The summed E-state index contributed by atoms with van der Waals surface area (Å²) in [6.45, 7) is 3.21. The SMILES string of the molecule is CCCCCCCCCCCCCCCC(=O)OCC(COP(=O)(O)OCCNC(=O)CCCC(=O)O)OC(=O)CCCCCCCCCCCCCCC.[Na]. The number of unbranched alkanes of at least 4 members (excludes halogenated alkanes) is 24. The van der Waals surface area contributed by atoms with Crippen molar-refractivity contribution < 1.29 is 52.3 Å². The second kappa shape index (κ2) is 42.1. The zero-order valence-electron chi connectivity index (χ0n) is 35.8. The Morgan fingerprint density at radius 3 is 1.38 bits per heavy atom. The van der Waals surface area contributed by atoms with Gasteiger partial charge < -0.3 is 24.8 Å². The Bertz CT molecular complexity index is 1000. The number of nitrogens with one attached hydrogen (secondary N) is 1. The van der Waals surface area contributed by atoms with Gasteiger partial charge in [-0.1, -0.05) is 168 Å². The molecule has 0 bridgehead atoms. The minimum absolute atomic E-state index is 0. The van der Waals surface area contributed by atoms with Crippen molar-refractivity contribution in [2.45, 2.75) is 219 Å². The van der Waals surface area contributed by atoms with E-state index in [4.69, 9.17) is 23.6 Å². The number of carbonyl (C=O) groups is 4. The molecule has 2 unspecified atom stereocenters. The number of phosphoric ester groups is 1. The average Bonchev–Trinajstić information content (AvgIpc) is 3.15. The van der Waals surface area contributed by atoms with Crippen LogP contribution in [0.4, 0.5) is 0 Å². The van der Waals surface area contributed by atoms with Crippen molar-refractivity contribution in [3.63, 3.8) is 0 Å². The molecule has 56 heavy (non-hydrogen) atoms. The van der Waals surface area contributed by atoms with E-state index in [0.29, 0.717) is 12.8 Å². The van der Waals surface area contributed by atoms with Gasteiger partial charge in [0.25, 0.3) is 0 Å². The molecule has 0 saturated carbocycles. The van der Waals surface area contributed by atoms with E-state index in [1.165, 1.54) is 116 Å². The molecule has 2 atom stereocenters. The predicted molar refractivity (Wildman–Crippen MR) is 223 cm³/mol. The van der Waals surface area contributed by atoms with Gasteiger partial charge in [-0.15, -0.1) is 0 Å². The molecule has 1 amide bonds. The third kappa shape index (κ3) is 42.6. The molecule has 0 fully saturated rings. The molecule has 0 aromatic heterocycles. The Balaban J connectivity index is 0. The van der Waals surface area contributed by atoms with Gasteiger partial charge >= 0.3 is 25.7 Å². The normalized spacial score (nSPS) is 12.7. The summed E-state index contributed by atoms with van der Waals surface area (Å²) in [6.07, 6.45) is 30.3. The molecule has 0 aliphatic heterocycles. The summed E-state index contributed by atoms with van der Waals surface area (Å²) >= 11 is 0. The fourth-order valence-electron chi connectivity index (χ4n) is 6.25. The number of esters is 2. The van der Waals surface area contributed by atoms with Gasteiger partial charge in [-0.2, -0.15) is 0 Å². The molecule has 0 rings (SSSR count). The summed E-state index contributed by atoms with van der Waals surface area (Å²) in [5.41, 5.74) is 0. The predicted octanol–water partition coefficient (Wildman–Crippen LogP) is 10.5. The molecular weight excluding hydrogens is 748 g/mol. The number of ether oxygens (including phenoxy) is 2. The molecule has 0 aliphatic carbocycles. The van der Waals surface area contributed by atoms with Gasteiger partial charge in [0, 0.05) is 61.8 Å². The standard InChI is InChI=1S/C42H80NO11P.Na/c1-3-5-7-9-11-13-15-17-19-21-23-25-27-32-41(47)51-36-38(37-53-55(49,50)52-35-34-43-39(44)30-29-31-40(45)46)54-42(48)33-28-26-24-22-20-18-16-14-12-10-8-6-4-2;/h38H,3-37H2,1-2H3,(H,43,44)(H,45,46)(H,49,50);. The Morgan fingerprint density at radius 1 is 0.536 bits per heavy atom. The Kier molecular flexibility index (Phi) is 42.9. The second-order valence-electron chi connectivity index (χ2n) is 15.0. The third-order valence-corrected chi connectivity index (χ3v) is 10.6. The second-order valence-corrected chi connectivity index (χ2v) is 16.4. The van der Waals surface area contributed by atoms with Crippen molar-refractivity contribution in [1.82, 2.24) is 5.32 Å². The van der Waals surface area contributed by atoms with Gasteiger partial charge in [0.1, 0.15) is 6.61 Å². The molecule has 0 saturated heterocycles. The van der Waals surface area contributed by atoms with Gasteiger partial charge in [0.2, 0.25) is 5.91 Å². The molecule has 0 aromatic carbocycles. The van der Waals surface area contributed by atoms with Crippen molar-refractivity contribution in [3.05, 3.63) is 0 Å². The van der Waals surface area contributed by atoms with Crippen LogP contribution in [0.3, 0.4) is 0 Å². The fraction of sp³-hybridized carbons (Fsp3) is 0.905. The molecule has 0 spiro atoms. The summed E-state index contributed by atoms with van der Waals surface area (Å²) in [6, 6.07) is 0. The molecule has 0 aromatic rings. The van der Waals surface area contributed by atoms with Gasteiger partial charge in [-0.05, 0) is 19.3 Å². The van der Waals surface area contributed by atoms with Crippen molar-refractivity contribution in [2.75, 3.05) is 26.4 Å². The van der Waals surface area contributed by atoms with Crippen molar-refractivity contribution in [2.24, 2.45) is 0 Å². The van der Waals surface area contributed by atoms with E-state index in [9.17, 15) is 28.6 Å². The first-order valence-corrected chi connectivity index (χ1v) is 23.5. The summed E-state index contributed by atoms with van der Waals surface area (Å²) in [5.74, 6) is -2.33. The van der Waals surface area contributed by atoms with E-state index in [2.05, 4.69) is 19.2 Å². The largest absolute Gasteiger partial charge is 0.481 e. The van der Waals surface area contributed by atoms with Crippen molar-refractivity contribution in [3.8, 4) is 0 Å². The van der Waals surface area contributed by atoms with Crippen LogP contribution in [-0.4, -0.2) is 95.8 Å². The van der Waals surface area contributed by atoms with Gasteiger partial charge in [-0.25, -0.2) is 4.57 Å². The first-order chi connectivity index (χ1) is 26.6. The van der Waals surface area contributed by atoms with Gasteiger partial charge in [0.05, 0.1) is 13.2 Å². The van der Waals surface area contributed by atoms with E-state index in [0.717, 1.165) is 38.5 Å². The number of amides is 1. The van der Waals surface area contributed by atoms with Crippen LogP contribution in [0.25, 0.3) is 0 Å². The van der Waals surface area contributed by atoms with E-state index in [1.807, 2.05) is 0 Å². The Hall–Kier alpha value is -1.01. The number of rotatable bonds is 42. The Labute approximate surface area is 362 Å². The third-order valence-electron chi connectivity index (χ3n) is 9.59. The maximum Gasteiger partial charge on any atom is 0.472 e. The maximum absolute atomic E-state index is 12.7. The monoisotopic (exact) mass is 829 g/mol. The maximum atomic E-state index is 12.7. The summed E-state index contributed by atoms with van der Waals surface area (Å²) < 4.78 is 33.4. The van der Waals surface area contributed by atoms with Crippen LogP contribution in [-0.2, 0) is 42.3 Å².